The first kappa shape index (κ1) is 10.9. The van der Waals surface area contributed by atoms with Crippen LogP contribution in [-0.4, -0.2) is 12.5 Å². The molecule has 0 aromatic heterocycles. The van der Waals surface area contributed by atoms with Gasteiger partial charge in [0.1, 0.15) is 0 Å². The van der Waals surface area contributed by atoms with E-state index in [1.807, 2.05) is 24.0 Å². The number of hydrogen-bond donors (Lipinski definition) is 0. The highest BCUT2D eigenvalue weighted by atomic mass is 16.2. The van der Waals surface area contributed by atoms with Crippen molar-refractivity contribution in [3.8, 4) is 0 Å². The lowest BCUT2D eigenvalue weighted by Crippen LogP contribution is -2.35. The lowest BCUT2D eigenvalue weighted by atomic mass is 10.1. The van der Waals surface area contributed by atoms with E-state index in [0.29, 0.717) is 0 Å². The SMILES string of the molecule is CC1=CCCN(c2ccc(C)cc2C)C1=O. The van der Waals surface area contributed by atoms with Crippen LogP contribution in [0.15, 0.2) is 29.8 Å². The summed E-state index contributed by atoms with van der Waals surface area (Å²) in [4.78, 5) is 13.9. The third-order valence-corrected chi connectivity index (χ3v) is 3.03. The van der Waals surface area contributed by atoms with Gasteiger partial charge < -0.3 is 4.90 Å². The molecule has 1 aromatic carbocycles. The van der Waals surface area contributed by atoms with Gasteiger partial charge in [-0.3, -0.25) is 4.79 Å². The van der Waals surface area contributed by atoms with E-state index in [0.717, 1.165) is 24.2 Å². The quantitative estimate of drug-likeness (QED) is 0.705. The zero-order chi connectivity index (χ0) is 11.7. The first-order chi connectivity index (χ1) is 7.59. The maximum atomic E-state index is 12.0. The molecule has 84 valence electrons. The predicted molar refractivity (Wildman–Crippen MR) is 66.6 cm³/mol. The van der Waals surface area contributed by atoms with Gasteiger partial charge in [-0.05, 0) is 38.8 Å². The molecule has 2 heteroatoms. The molecule has 0 N–H and O–H groups in total. The van der Waals surface area contributed by atoms with Gasteiger partial charge in [0.25, 0.3) is 5.91 Å². The second kappa shape index (κ2) is 4.12. The maximum absolute atomic E-state index is 12.0. The van der Waals surface area contributed by atoms with Crippen molar-refractivity contribution >= 4 is 11.6 Å². The highest BCUT2D eigenvalue weighted by Crippen LogP contribution is 2.25. The molecule has 0 fully saturated rings. The van der Waals surface area contributed by atoms with Crippen molar-refractivity contribution in [3.63, 3.8) is 0 Å². The topological polar surface area (TPSA) is 20.3 Å². The summed E-state index contributed by atoms with van der Waals surface area (Å²) in [6.45, 7) is 6.81. The molecule has 1 aliphatic heterocycles. The van der Waals surface area contributed by atoms with Crippen LogP contribution >= 0.6 is 0 Å². The molecule has 1 aromatic rings. The molecular formula is C14H17NO. The molecule has 2 rings (SSSR count). The number of anilines is 1. The zero-order valence-electron chi connectivity index (χ0n) is 10.1. The molecule has 1 aliphatic rings. The van der Waals surface area contributed by atoms with E-state index in [9.17, 15) is 4.79 Å². The normalized spacial score (nSPS) is 16.3. The molecule has 16 heavy (non-hydrogen) atoms. The number of aryl methyl sites for hydroxylation is 2. The van der Waals surface area contributed by atoms with Crippen molar-refractivity contribution in [2.45, 2.75) is 27.2 Å². The largest absolute Gasteiger partial charge is 0.308 e. The van der Waals surface area contributed by atoms with Crippen LogP contribution in [0.2, 0.25) is 0 Å². The summed E-state index contributed by atoms with van der Waals surface area (Å²) in [6, 6.07) is 6.22. The Morgan fingerprint density at radius 1 is 1.19 bits per heavy atom. The summed E-state index contributed by atoms with van der Waals surface area (Å²) in [6.07, 6.45) is 2.97. The Kier molecular flexibility index (Phi) is 2.82. The summed E-state index contributed by atoms with van der Waals surface area (Å²) >= 11 is 0. The molecule has 0 saturated carbocycles. The second-order valence-electron chi connectivity index (χ2n) is 4.42. The summed E-state index contributed by atoms with van der Waals surface area (Å²) in [5.74, 6) is 0.137. The van der Waals surface area contributed by atoms with Gasteiger partial charge in [-0.15, -0.1) is 0 Å². The van der Waals surface area contributed by atoms with E-state index in [1.54, 1.807) is 0 Å². The highest BCUT2D eigenvalue weighted by molar-refractivity contribution is 6.06. The summed E-state index contributed by atoms with van der Waals surface area (Å²) in [5, 5.41) is 0. The first-order valence-electron chi connectivity index (χ1n) is 5.65. The maximum Gasteiger partial charge on any atom is 0.253 e. The average Bonchev–Trinajstić information content (AvgIpc) is 2.23. The first-order valence-corrected chi connectivity index (χ1v) is 5.65. The molecule has 0 unspecified atom stereocenters. The van der Waals surface area contributed by atoms with E-state index < -0.39 is 0 Å². The van der Waals surface area contributed by atoms with Gasteiger partial charge in [-0.25, -0.2) is 0 Å². The van der Waals surface area contributed by atoms with Gasteiger partial charge in [0.2, 0.25) is 0 Å². The smallest absolute Gasteiger partial charge is 0.253 e. The molecule has 0 aliphatic carbocycles. The number of hydrogen-bond acceptors (Lipinski definition) is 1. The molecular weight excluding hydrogens is 198 g/mol. The van der Waals surface area contributed by atoms with Crippen LogP contribution in [0.1, 0.15) is 24.5 Å². The van der Waals surface area contributed by atoms with E-state index in [2.05, 4.69) is 26.0 Å². The third-order valence-electron chi connectivity index (χ3n) is 3.03. The van der Waals surface area contributed by atoms with Gasteiger partial charge >= 0.3 is 0 Å². The van der Waals surface area contributed by atoms with Crippen molar-refractivity contribution in [2.24, 2.45) is 0 Å². The van der Waals surface area contributed by atoms with Crippen molar-refractivity contribution in [3.05, 3.63) is 41.0 Å². The molecule has 2 nitrogen and oxygen atoms in total. The molecule has 0 saturated heterocycles. The van der Waals surface area contributed by atoms with E-state index in [-0.39, 0.29) is 5.91 Å². The molecule has 1 heterocycles. The van der Waals surface area contributed by atoms with Crippen LogP contribution in [0.25, 0.3) is 0 Å². The number of carbonyl (C=O) groups excluding carboxylic acids is 1. The Balaban J connectivity index is 2.38. The van der Waals surface area contributed by atoms with Gasteiger partial charge in [0.15, 0.2) is 0 Å². The standard InChI is InChI=1S/C14H17NO/c1-10-6-7-13(12(3)9-10)15-8-4-5-11(2)14(15)16/h5-7,9H,4,8H2,1-3H3. The summed E-state index contributed by atoms with van der Waals surface area (Å²) < 4.78 is 0. The molecule has 0 spiro atoms. The number of rotatable bonds is 1. The van der Waals surface area contributed by atoms with Crippen LogP contribution in [0.4, 0.5) is 5.69 Å². The van der Waals surface area contributed by atoms with Crippen LogP contribution in [0, 0.1) is 13.8 Å². The minimum Gasteiger partial charge on any atom is -0.308 e. The minimum atomic E-state index is 0.137. The van der Waals surface area contributed by atoms with Crippen LogP contribution < -0.4 is 4.90 Å². The van der Waals surface area contributed by atoms with Crippen molar-refractivity contribution < 1.29 is 4.79 Å². The Morgan fingerprint density at radius 3 is 2.62 bits per heavy atom. The van der Waals surface area contributed by atoms with Gasteiger partial charge in [-0.2, -0.15) is 0 Å². The van der Waals surface area contributed by atoms with Gasteiger partial charge in [-0.1, -0.05) is 23.8 Å². The lowest BCUT2D eigenvalue weighted by molar-refractivity contribution is -0.115. The van der Waals surface area contributed by atoms with Gasteiger partial charge in [0, 0.05) is 17.8 Å². The fourth-order valence-corrected chi connectivity index (χ4v) is 2.15. The lowest BCUT2D eigenvalue weighted by Gasteiger charge is -2.27. The van der Waals surface area contributed by atoms with Crippen molar-refractivity contribution in [2.75, 3.05) is 11.4 Å². The van der Waals surface area contributed by atoms with Crippen LogP contribution in [-0.2, 0) is 4.79 Å². The van der Waals surface area contributed by atoms with Crippen LogP contribution in [0.3, 0.4) is 0 Å². The van der Waals surface area contributed by atoms with Crippen molar-refractivity contribution in [1.29, 1.82) is 0 Å². The molecule has 1 amide bonds. The fourth-order valence-electron chi connectivity index (χ4n) is 2.15. The Morgan fingerprint density at radius 2 is 1.94 bits per heavy atom. The number of carbonyl (C=O) groups is 1. The van der Waals surface area contributed by atoms with Gasteiger partial charge in [0.05, 0.1) is 0 Å². The average molecular weight is 215 g/mol. The van der Waals surface area contributed by atoms with E-state index in [4.69, 9.17) is 0 Å². The minimum absolute atomic E-state index is 0.137. The number of benzene rings is 1. The van der Waals surface area contributed by atoms with Crippen molar-refractivity contribution in [1.82, 2.24) is 0 Å². The van der Waals surface area contributed by atoms with E-state index in [1.165, 1.54) is 11.1 Å². The Hall–Kier alpha value is -1.57. The second-order valence-corrected chi connectivity index (χ2v) is 4.42. The monoisotopic (exact) mass is 215 g/mol. The molecule has 0 bridgehead atoms. The summed E-state index contributed by atoms with van der Waals surface area (Å²) in [5.41, 5.74) is 4.30. The Bertz CT molecular complexity index is 460. The number of amides is 1. The third kappa shape index (κ3) is 1.87. The fraction of sp³-hybridized carbons (Fsp3) is 0.357. The van der Waals surface area contributed by atoms with E-state index >= 15 is 0 Å². The predicted octanol–water partition coefficient (Wildman–Crippen LogP) is 2.99. The molecule has 0 radical (unpaired) electrons. The highest BCUT2D eigenvalue weighted by Gasteiger charge is 2.21. The zero-order valence-corrected chi connectivity index (χ0v) is 10.1. The molecule has 0 atom stereocenters. The summed E-state index contributed by atoms with van der Waals surface area (Å²) in [7, 11) is 0. The number of nitrogens with zero attached hydrogens (tertiary/aromatic N) is 1. The van der Waals surface area contributed by atoms with Crippen LogP contribution in [0.5, 0.6) is 0 Å². The Labute approximate surface area is 96.6 Å².